The van der Waals surface area contributed by atoms with E-state index >= 15 is 0 Å². The molecule has 44 heavy (non-hydrogen) atoms. The quantitative estimate of drug-likeness (QED) is 0.220. The Kier molecular flexibility index (Phi) is 12.3. The largest absolute Gasteiger partial charge is 0.465 e. The molecule has 3 atom stereocenters. The second kappa shape index (κ2) is 15.5. The number of carbonyl (C=O) groups is 1. The average Bonchev–Trinajstić information content (AvgIpc) is 3.34. The summed E-state index contributed by atoms with van der Waals surface area (Å²) in [6.07, 6.45) is 8.43. The van der Waals surface area contributed by atoms with E-state index in [-0.39, 0.29) is 29.4 Å². The van der Waals surface area contributed by atoms with Crippen molar-refractivity contribution in [3.05, 3.63) is 69.5 Å². The molecule has 2 aromatic carbocycles. The van der Waals surface area contributed by atoms with Crippen LogP contribution in [0.5, 0.6) is 0 Å². The molecule has 2 aliphatic rings. The van der Waals surface area contributed by atoms with Crippen LogP contribution in [0, 0.1) is 12.7 Å². The highest BCUT2D eigenvalue weighted by Crippen LogP contribution is 2.41. The van der Waals surface area contributed by atoms with Crippen molar-refractivity contribution in [2.75, 3.05) is 33.8 Å². The second-order valence-corrected chi connectivity index (χ2v) is 14.6. The molecule has 2 unspecified atom stereocenters. The van der Waals surface area contributed by atoms with Crippen LogP contribution in [-0.4, -0.2) is 67.3 Å². The third-order valence-corrected chi connectivity index (χ3v) is 9.84. The van der Waals surface area contributed by atoms with Crippen LogP contribution in [0.1, 0.15) is 119 Å². The maximum absolute atomic E-state index is 14.5. The highest BCUT2D eigenvalue weighted by molar-refractivity contribution is 6.30. The van der Waals surface area contributed by atoms with Crippen LogP contribution >= 0.6 is 11.6 Å². The third-order valence-electron chi connectivity index (χ3n) is 9.62. The molecule has 1 saturated carbocycles. The van der Waals surface area contributed by atoms with E-state index in [9.17, 15) is 9.18 Å². The lowest BCUT2D eigenvalue weighted by Crippen LogP contribution is -2.36. The lowest BCUT2D eigenvalue weighted by molar-refractivity contribution is -0.149. The van der Waals surface area contributed by atoms with Gasteiger partial charge in [0.15, 0.2) is 0 Å². The minimum Gasteiger partial charge on any atom is -0.465 e. The van der Waals surface area contributed by atoms with Crippen molar-refractivity contribution in [1.29, 1.82) is 0 Å². The SMILES string of the molecule is CCOC(=O)C(c1cccc(C)c1C1CCC(OC(C)(C)C)CC1)N(C)CCC(C[C@@H]1CCCN1C)c1cc(F)cc(Cl)c1. The molecule has 0 amide bonds. The number of nitrogens with zero attached hydrogens (tertiary/aromatic N) is 2. The number of benzene rings is 2. The number of ether oxygens (including phenoxy) is 2. The molecule has 1 aliphatic heterocycles. The third kappa shape index (κ3) is 9.28. The monoisotopic (exact) mass is 628 g/mol. The average molecular weight is 629 g/mol. The van der Waals surface area contributed by atoms with Crippen LogP contribution in [0.4, 0.5) is 4.39 Å². The number of hydrogen-bond acceptors (Lipinski definition) is 5. The van der Waals surface area contributed by atoms with Crippen LogP contribution in [-0.2, 0) is 14.3 Å². The summed E-state index contributed by atoms with van der Waals surface area (Å²) in [6.45, 7) is 12.5. The number of esters is 1. The predicted molar refractivity (Wildman–Crippen MR) is 178 cm³/mol. The van der Waals surface area contributed by atoms with E-state index in [1.165, 1.54) is 23.6 Å². The summed E-state index contributed by atoms with van der Waals surface area (Å²) in [5, 5.41) is 0.426. The van der Waals surface area contributed by atoms with Gasteiger partial charge in [-0.05, 0) is 165 Å². The zero-order chi connectivity index (χ0) is 32.0. The van der Waals surface area contributed by atoms with Gasteiger partial charge in [-0.25, -0.2) is 9.18 Å². The molecule has 0 N–H and O–H groups in total. The lowest BCUT2D eigenvalue weighted by atomic mass is 9.77. The van der Waals surface area contributed by atoms with Gasteiger partial charge in [-0.1, -0.05) is 29.8 Å². The van der Waals surface area contributed by atoms with E-state index in [1.54, 1.807) is 6.07 Å². The van der Waals surface area contributed by atoms with Gasteiger partial charge in [0.25, 0.3) is 0 Å². The van der Waals surface area contributed by atoms with Crippen molar-refractivity contribution in [3.63, 3.8) is 0 Å². The summed E-state index contributed by atoms with van der Waals surface area (Å²) >= 11 is 6.33. The van der Waals surface area contributed by atoms with Crippen LogP contribution in [0.15, 0.2) is 36.4 Å². The van der Waals surface area contributed by atoms with E-state index < -0.39 is 6.04 Å². The van der Waals surface area contributed by atoms with Gasteiger partial charge < -0.3 is 14.4 Å². The number of aryl methyl sites for hydroxylation is 1. The molecule has 1 aliphatic carbocycles. The number of carbonyl (C=O) groups excluding carboxylic acids is 1. The van der Waals surface area contributed by atoms with Crippen LogP contribution in [0.3, 0.4) is 0 Å². The molecule has 244 valence electrons. The topological polar surface area (TPSA) is 42.0 Å². The fraction of sp³-hybridized carbons (Fsp3) is 0.649. The molecule has 2 aromatic rings. The van der Waals surface area contributed by atoms with Crippen molar-refractivity contribution in [2.24, 2.45) is 0 Å². The standard InChI is InChI=1S/C37H54ClFN2O3/c1-8-43-36(42)35(33-13-9-11-25(2)34(33)26-14-16-32(17-15-26)44-37(3,4)5)41(7)20-18-27(23-31-12-10-19-40(31)6)28-21-29(38)24-30(39)22-28/h9,11,13,21-22,24,26-27,31-32,35H,8,10,12,14-20,23H2,1-7H3/t26?,27?,31-,32?,35?/m0/s1. The Morgan fingerprint density at radius 1 is 1.14 bits per heavy atom. The van der Waals surface area contributed by atoms with Crippen LogP contribution in [0.2, 0.25) is 5.02 Å². The first kappa shape index (κ1) is 34.9. The minimum absolute atomic E-state index is 0.120. The van der Waals surface area contributed by atoms with Gasteiger partial charge in [0.2, 0.25) is 0 Å². The molecule has 7 heteroatoms. The Morgan fingerprint density at radius 2 is 1.86 bits per heavy atom. The number of likely N-dealkylation sites (tertiary alicyclic amines) is 1. The molecular formula is C37H54ClFN2O3. The Labute approximate surface area is 270 Å². The molecule has 1 heterocycles. The van der Waals surface area contributed by atoms with Gasteiger partial charge in [-0.15, -0.1) is 0 Å². The Balaban J connectivity index is 1.58. The zero-order valence-corrected chi connectivity index (χ0v) is 28.8. The fourth-order valence-corrected chi connectivity index (χ4v) is 7.79. The highest BCUT2D eigenvalue weighted by atomic mass is 35.5. The summed E-state index contributed by atoms with van der Waals surface area (Å²) in [5.74, 6) is -0.0277. The molecule has 0 spiro atoms. The maximum atomic E-state index is 14.5. The Morgan fingerprint density at radius 3 is 2.48 bits per heavy atom. The number of halogens is 2. The van der Waals surface area contributed by atoms with Gasteiger partial charge in [-0.3, -0.25) is 4.90 Å². The molecular weight excluding hydrogens is 575 g/mol. The summed E-state index contributed by atoms with van der Waals surface area (Å²) in [5.41, 5.74) is 4.34. The fourth-order valence-electron chi connectivity index (χ4n) is 7.56. The lowest BCUT2D eigenvalue weighted by Gasteiger charge is -2.36. The molecule has 1 saturated heterocycles. The molecule has 2 fully saturated rings. The first-order valence-corrected chi connectivity index (χ1v) is 17.0. The maximum Gasteiger partial charge on any atom is 0.328 e. The smallest absolute Gasteiger partial charge is 0.328 e. The molecule has 0 bridgehead atoms. The normalized spacial score (nSPS) is 22.7. The van der Waals surface area contributed by atoms with Crippen molar-refractivity contribution >= 4 is 17.6 Å². The van der Waals surface area contributed by atoms with Gasteiger partial charge in [0, 0.05) is 11.1 Å². The highest BCUT2D eigenvalue weighted by Gasteiger charge is 2.34. The molecule has 0 radical (unpaired) electrons. The van der Waals surface area contributed by atoms with Crippen molar-refractivity contribution in [1.82, 2.24) is 9.80 Å². The number of likely N-dealkylation sites (N-methyl/N-ethyl adjacent to an activating group) is 1. The summed E-state index contributed by atoms with van der Waals surface area (Å²) in [7, 11) is 4.21. The van der Waals surface area contributed by atoms with E-state index in [1.807, 2.05) is 20.0 Å². The van der Waals surface area contributed by atoms with Crippen LogP contribution < -0.4 is 0 Å². The Bertz CT molecular complexity index is 1220. The Hall–Kier alpha value is -1.99. The summed E-state index contributed by atoms with van der Waals surface area (Å²) in [6, 6.07) is 11.2. The number of hydrogen-bond donors (Lipinski definition) is 0. The van der Waals surface area contributed by atoms with E-state index in [4.69, 9.17) is 21.1 Å². The van der Waals surface area contributed by atoms with Gasteiger partial charge in [0.1, 0.15) is 11.9 Å². The van der Waals surface area contributed by atoms with E-state index in [0.29, 0.717) is 30.1 Å². The molecule has 4 rings (SSSR count). The van der Waals surface area contributed by atoms with Gasteiger partial charge in [0.05, 0.1) is 18.3 Å². The second-order valence-electron chi connectivity index (χ2n) is 14.1. The zero-order valence-electron chi connectivity index (χ0n) is 28.0. The van der Waals surface area contributed by atoms with E-state index in [0.717, 1.165) is 62.6 Å². The first-order chi connectivity index (χ1) is 20.9. The van der Waals surface area contributed by atoms with Gasteiger partial charge >= 0.3 is 5.97 Å². The van der Waals surface area contributed by atoms with E-state index in [2.05, 4.69) is 62.7 Å². The predicted octanol–water partition coefficient (Wildman–Crippen LogP) is 8.82. The number of rotatable bonds is 12. The van der Waals surface area contributed by atoms with Gasteiger partial charge in [-0.2, -0.15) is 0 Å². The van der Waals surface area contributed by atoms with Crippen molar-refractivity contribution in [2.45, 2.75) is 122 Å². The molecule has 5 nitrogen and oxygen atoms in total. The molecule has 0 aromatic heterocycles. The first-order valence-electron chi connectivity index (χ1n) is 16.7. The summed E-state index contributed by atoms with van der Waals surface area (Å²) in [4.78, 5) is 18.3. The van der Waals surface area contributed by atoms with Crippen LogP contribution in [0.25, 0.3) is 0 Å². The van der Waals surface area contributed by atoms with Crippen molar-refractivity contribution < 1.29 is 18.7 Å². The summed E-state index contributed by atoms with van der Waals surface area (Å²) < 4.78 is 26.5. The minimum atomic E-state index is -0.515. The van der Waals surface area contributed by atoms with Crippen molar-refractivity contribution in [3.8, 4) is 0 Å².